The summed E-state index contributed by atoms with van der Waals surface area (Å²) >= 11 is 0. The normalized spacial score (nSPS) is 11.0. The molecule has 10 heteroatoms. The van der Waals surface area contributed by atoms with Crippen LogP contribution in [0.3, 0.4) is 0 Å². The predicted molar refractivity (Wildman–Crippen MR) is 84.8 cm³/mol. The Balaban J connectivity index is 0.00000312. The molecule has 0 aliphatic carbocycles. The fourth-order valence-electron chi connectivity index (χ4n) is 1.81. The summed E-state index contributed by atoms with van der Waals surface area (Å²) in [5.41, 5.74) is 0.810. The standard InChI is InChI=1S/C15H15N3O5S.Na/c1-18(2)17-16-12-9-7-11(8-10-12)15(19)13-5-3-4-6-14(13)23-24(20,21)22;/h3-10H,1-2H3,(H,20,21,22);/q;+1/p-1. The Kier molecular flexibility index (Phi) is 7.71. The van der Waals surface area contributed by atoms with Crippen molar-refractivity contribution >= 4 is 21.9 Å². The Morgan fingerprint density at radius 1 is 1.08 bits per heavy atom. The Labute approximate surface area is 167 Å². The molecule has 25 heavy (non-hydrogen) atoms. The molecule has 0 heterocycles. The Morgan fingerprint density at radius 2 is 1.68 bits per heavy atom. The van der Waals surface area contributed by atoms with E-state index in [4.69, 9.17) is 0 Å². The maximum absolute atomic E-state index is 12.5. The zero-order chi connectivity index (χ0) is 17.7. The van der Waals surface area contributed by atoms with Crippen molar-refractivity contribution in [1.82, 2.24) is 5.01 Å². The quantitative estimate of drug-likeness (QED) is 0.166. The molecule has 0 saturated heterocycles. The van der Waals surface area contributed by atoms with Crippen molar-refractivity contribution in [3.63, 3.8) is 0 Å². The van der Waals surface area contributed by atoms with E-state index in [0.717, 1.165) is 0 Å². The molecular formula is C15H14N3NaO5S. The number of hydrogen-bond donors (Lipinski definition) is 0. The third-order valence-corrected chi connectivity index (χ3v) is 3.18. The van der Waals surface area contributed by atoms with Crippen LogP contribution < -0.4 is 33.7 Å². The van der Waals surface area contributed by atoms with Crippen molar-refractivity contribution in [3.05, 3.63) is 59.7 Å². The molecule has 0 aliphatic rings. The largest absolute Gasteiger partial charge is 1.00 e. The second-order valence-electron chi connectivity index (χ2n) is 4.90. The first kappa shape index (κ1) is 21.3. The smallest absolute Gasteiger partial charge is 0.716 e. The first-order valence-electron chi connectivity index (χ1n) is 6.74. The fourth-order valence-corrected chi connectivity index (χ4v) is 2.18. The molecule has 0 fully saturated rings. The predicted octanol–water partition coefficient (Wildman–Crippen LogP) is -0.679. The van der Waals surface area contributed by atoms with Gasteiger partial charge >= 0.3 is 29.6 Å². The van der Waals surface area contributed by atoms with Crippen LogP contribution in [-0.2, 0) is 10.4 Å². The number of carbonyl (C=O) groups excluding carboxylic acids is 1. The van der Waals surface area contributed by atoms with Crippen LogP contribution in [0.1, 0.15) is 15.9 Å². The third kappa shape index (κ3) is 6.56. The Morgan fingerprint density at radius 3 is 2.24 bits per heavy atom. The molecule has 2 aromatic carbocycles. The van der Waals surface area contributed by atoms with E-state index in [0.29, 0.717) is 5.69 Å². The van der Waals surface area contributed by atoms with E-state index in [1.165, 1.54) is 41.4 Å². The maximum Gasteiger partial charge on any atom is 1.00 e. The summed E-state index contributed by atoms with van der Waals surface area (Å²) in [5.74, 6) is -0.792. The first-order chi connectivity index (χ1) is 11.3. The molecule has 0 N–H and O–H groups in total. The molecule has 0 atom stereocenters. The van der Waals surface area contributed by atoms with E-state index in [1.54, 1.807) is 26.2 Å². The molecule has 0 unspecified atom stereocenters. The van der Waals surface area contributed by atoms with Gasteiger partial charge in [-0.25, -0.2) is 8.42 Å². The molecule has 0 saturated carbocycles. The van der Waals surface area contributed by atoms with E-state index in [1.807, 2.05) is 0 Å². The van der Waals surface area contributed by atoms with Crippen LogP contribution in [0, 0.1) is 0 Å². The van der Waals surface area contributed by atoms with E-state index >= 15 is 0 Å². The number of carbonyl (C=O) groups is 1. The summed E-state index contributed by atoms with van der Waals surface area (Å²) in [7, 11) is -1.52. The van der Waals surface area contributed by atoms with Crippen molar-refractivity contribution in [2.45, 2.75) is 0 Å². The molecule has 126 valence electrons. The molecule has 0 radical (unpaired) electrons. The van der Waals surface area contributed by atoms with Gasteiger partial charge in [0.1, 0.15) is 0 Å². The minimum absolute atomic E-state index is 0. The minimum Gasteiger partial charge on any atom is -0.716 e. The van der Waals surface area contributed by atoms with Gasteiger partial charge in [-0.3, -0.25) is 9.80 Å². The van der Waals surface area contributed by atoms with Crippen molar-refractivity contribution in [3.8, 4) is 5.75 Å². The molecule has 2 rings (SSSR count). The number of ketones is 1. The summed E-state index contributed by atoms with van der Waals surface area (Å²) in [5, 5.41) is 9.30. The van der Waals surface area contributed by atoms with E-state index in [-0.39, 0.29) is 46.4 Å². The first-order valence-corrected chi connectivity index (χ1v) is 8.07. The zero-order valence-electron chi connectivity index (χ0n) is 13.9. The fraction of sp³-hybridized carbons (Fsp3) is 0.133. The zero-order valence-corrected chi connectivity index (χ0v) is 16.7. The summed E-state index contributed by atoms with van der Waals surface area (Å²) in [6.45, 7) is 0. The molecule has 0 aromatic heterocycles. The number of hydrogen-bond acceptors (Lipinski definition) is 7. The minimum atomic E-state index is -4.97. The maximum atomic E-state index is 12.5. The second-order valence-corrected chi connectivity index (χ2v) is 5.88. The number of nitrogens with zero attached hydrogens (tertiary/aromatic N) is 3. The van der Waals surface area contributed by atoms with Gasteiger partial charge in [0.25, 0.3) is 10.4 Å². The van der Waals surface area contributed by atoms with Crippen molar-refractivity contribution in [2.75, 3.05) is 14.1 Å². The van der Waals surface area contributed by atoms with Gasteiger partial charge in [0, 0.05) is 19.7 Å². The summed E-state index contributed by atoms with van der Waals surface area (Å²) < 4.78 is 36.6. The third-order valence-electron chi connectivity index (χ3n) is 2.79. The van der Waals surface area contributed by atoms with Gasteiger partial charge in [0.2, 0.25) is 0 Å². The van der Waals surface area contributed by atoms with E-state index in [9.17, 15) is 17.8 Å². The van der Waals surface area contributed by atoms with Crippen molar-refractivity contribution in [2.24, 2.45) is 10.3 Å². The van der Waals surface area contributed by atoms with Crippen molar-refractivity contribution < 1.29 is 51.5 Å². The number of para-hydroxylation sites is 1. The van der Waals surface area contributed by atoms with Crippen LogP contribution in [0.2, 0.25) is 0 Å². The number of benzene rings is 2. The van der Waals surface area contributed by atoms with Gasteiger partial charge in [-0.05, 0) is 36.4 Å². The summed E-state index contributed by atoms with van der Waals surface area (Å²) in [6.07, 6.45) is 0. The van der Waals surface area contributed by atoms with Gasteiger partial charge < -0.3 is 8.74 Å². The summed E-state index contributed by atoms with van der Waals surface area (Å²) in [4.78, 5) is 12.5. The Hall–Kier alpha value is -1.78. The average molecular weight is 371 g/mol. The van der Waals surface area contributed by atoms with Gasteiger partial charge in [-0.15, -0.1) is 5.11 Å². The van der Waals surface area contributed by atoms with E-state index < -0.39 is 16.2 Å². The van der Waals surface area contributed by atoms with Gasteiger partial charge in [-0.2, -0.15) is 0 Å². The van der Waals surface area contributed by atoms with Crippen molar-refractivity contribution in [1.29, 1.82) is 0 Å². The van der Waals surface area contributed by atoms with Crippen LogP contribution >= 0.6 is 0 Å². The Bertz CT molecular complexity index is 867. The van der Waals surface area contributed by atoms with Crippen LogP contribution in [0.25, 0.3) is 0 Å². The second kappa shape index (κ2) is 9.07. The average Bonchev–Trinajstić information content (AvgIpc) is 2.52. The van der Waals surface area contributed by atoms with Crippen LogP contribution in [0.5, 0.6) is 5.75 Å². The molecule has 8 nitrogen and oxygen atoms in total. The van der Waals surface area contributed by atoms with Gasteiger partial charge in [0.15, 0.2) is 11.5 Å². The topological polar surface area (TPSA) is 111 Å². The molecule has 0 amide bonds. The SMILES string of the molecule is CN(C)N=Nc1ccc(C(=O)c2ccccc2OS(=O)(=O)[O-])cc1.[Na+]. The molecule has 0 bridgehead atoms. The molecular weight excluding hydrogens is 357 g/mol. The van der Waals surface area contributed by atoms with Gasteiger partial charge in [-0.1, -0.05) is 17.4 Å². The molecule has 0 aliphatic heterocycles. The molecule has 0 spiro atoms. The van der Waals surface area contributed by atoms with Crippen LogP contribution in [0.15, 0.2) is 58.9 Å². The number of rotatable bonds is 6. The van der Waals surface area contributed by atoms with Crippen LogP contribution in [-0.4, -0.2) is 37.9 Å². The van der Waals surface area contributed by atoms with E-state index in [2.05, 4.69) is 14.5 Å². The summed E-state index contributed by atoms with van der Waals surface area (Å²) in [6, 6.07) is 11.8. The van der Waals surface area contributed by atoms with Crippen LogP contribution in [0.4, 0.5) is 5.69 Å². The monoisotopic (exact) mass is 371 g/mol. The van der Waals surface area contributed by atoms with Gasteiger partial charge in [0.05, 0.1) is 11.3 Å². The molecule has 2 aromatic rings.